The molecule has 2 rings (SSSR count). The molecule has 4 heteroatoms. The Hall–Kier alpha value is -1.16. The molecule has 1 aliphatic heterocycles. The zero-order chi connectivity index (χ0) is 9.97. The highest BCUT2D eigenvalue weighted by Gasteiger charge is 2.19. The highest BCUT2D eigenvalue weighted by molar-refractivity contribution is 4.99. The first-order chi connectivity index (χ1) is 6.77. The van der Waals surface area contributed by atoms with Crippen molar-refractivity contribution in [1.29, 1.82) is 0 Å². The minimum atomic E-state index is 0.293. The van der Waals surface area contributed by atoms with Gasteiger partial charge in [0, 0.05) is 19.1 Å². The second kappa shape index (κ2) is 3.92. The van der Waals surface area contributed by atoms with E-state index in [1.54, 1.807) is 17.2 Å². The molecule has 0 amide bonds. The van der Waals surface area contributed by atoms with Crippen LogP contribution in [-0.2, 0) is 0 Å². The van der Waals surface area contributed by atoms with Crippen LogP contribution in [0, 0.1) is 0 Å². The molecule has 0 saturated carbocycles. The Morgan fingerprint density at radius 3 is 2.64 bits per heavy atom. The van der Waals surface area contributed by atoms with Gasteiger partial charge >= 0.3 is 0 Å². The van der Waals surface area contributed by atoms with Crippen molar-refractivity contribution >= 4 is 0 Å². The average molecular weight is 192 g/mol. The van der Waals surface area contributed by atoms with E-state index in [1.165, 1.54) is 0 Å². The molecule has 0 bridgehead atoms. The van der Waals surface area contributed by atoms with E-state index in [4.69, 9.17) is 0 Å². The van der Waals surface area contributed by atoms with Crippen molar-refractivity contribution in [2.75, 3.05) is 13.1 Å². The third-order valence-electron chi connectivity index (χ3n) is 2.58. The predicted molar refractivity (Wildman–Crippen MR) is 54.9 cm³/mol. The van der Waals surface area contributed by atoms with Crippen LogP contribution in [0.3, 0.4) is 0 Å². The fourth-order valence-corrected chi connectivity index (χ4v) is 1.70. The molecule has 2 heterocycles. The van der Waals surface area contributed by atoms with E-state index in [-0.39, 0.29) is 0 Å². The smallest absolute Gasteiger partial charge is 0.102 e. The van der Waals surface area contributed by atoms with E-state index in [1.807, 2.05) is 0 Å². The molecule has 1 unspecified atom stereocenters. The number of hydrogen-bond donors (Lipinski definition) is 0. The Kier molecular flexibility index (Phi) is 2.63. The third-order valence-corrected chi connectivity index (χ3v) is 2.58. The fraction of sp³-hybridized carbons (Fsp3) is 0.600. The van der Waals surface area contributed by atoms with E-state index < -0.39 is 0 Å². The Labute approximate surface area is 84.2 Å². The summed E-state index contributed by atoms with van der Waals surface area (Å²) in [6, 6.07) is 0.874. The quantitative estimate of drug-likeness (QED) is 0.658. The van der Waals surface area contributed by atoms with Crippen LogP contribution in [0.1, 0.15) is 19.9 Å². The molecule has 1 aromatic heterocycles. The first-order valence-corrected chi connectivity index (χ1v) is 5.04. The van der Waals surface area contributed by atoms with Gasteiger partial charge in [0.05, 0.1) is 12.4 Å². The van der Waals surface area contributed by atoms with Crippen LogP contribution >= 0.6 is 0 Å². The lowest BCUT2D eigenvalue weighted by atomic mass is 10.1. The van der Waals surface area contributed by atoms with Crippen molar-refractivity contribution < 1.29 is 0 Å². The van der Waals surface area contributed by atoms with Crippen molar-refractivity contribution in [3.63, 3.8) is 0 Å². The molecule has 0 saturated heterocycles. The molecular formula is C10H16N4. The van der Waals surface area contributed by atoms with Crippen molar-refractivity contribution in [2.24, 2.45) is 0 Å². The Balaban J connectivity index is 2.08. The first kappa shape index (κ1) is 9.40. The lowest BCUT2D eigenvalue weighted by molar-refractivity contribution is 0.200. The zero-order valence-corrected chi connectivity index (χ0v) is 8.67. The van der Waals surface area contributed by atoms with Gasteiger partial charge in [-0.1, -0.05) is 12.2 Å². The molecule has 4 nitrogen and oxygen atoms in total. The molecule has 1 atom stereocenters. The van der Waals surface area contributed by atoms with E-state index in [2.05, 4.69) is 41.1 Å². The van der Waals surface area contributed by atoms with Gasteiger partial charge in [0.25, 0.3) is 0 Å². The van der Waals surface area contributed by atoms with Gasteiger partial charge in [-0.25, -0.2) is 0 Å². The molecule has 0 radical (unpaired) electrons. The standard InChI is InChI=1S/C10H16N4/c1-9(2)13-7-3-4-10(8-13)14-11-5-6-12-14/h3-6,9-10H,7-8H2,1-2H3. The van der Waals surface area contributed by atoms with Gasteiger partial charge in [0.15, 0.2) is 0 Å². The average Bonchev–Trinajstić information content (AvgIpc) is 2.71. The van der Waals surface area contributed by atoms with Crippen LogP contribution < -0.4 is 0 Å². The monoisotopic (exact) mass is 192 g/mol. The van der Waals surface area contributed by atoms with Gasteiger partial charge in [0.2, 0.25) is 0 Å². The molecule has 0 N–H and O–H groups in total. The molecular weight excluding hydrogens is 176 g/mol. The summed E-state index contributed by atoms with van der Waals surface area (Å²) in [5.41, 5.74) is 0. The Morgan fingerprint density at radius 1 is 1.29 bits per heavy atom. The minimum Gasteiger partial charge on any atom is -0.295 e. The largest absolute Gasteiger partial charge is 0.295 e. The maximum absolute atomic E-state index is 4.16. The molecule has 1 aromatic rings. The van der Waals surface area contributed by atoms with Crippen LogP contribution in [0.4, 0.5) is 0 Å². The van der Waals surface area contributed by atoms with Crippen LogP contribution in [-0.4, -0.2) is 39.0 Å². The minimum absolute atomic E-state index is 0.293. The van der Waals surface area contributed by atoms with E-state index in [0.717, 1.165) is 13.1 Å². The van der Waals surface area contributed by atoms with E-state index in [9.17, 15) is 0 Å². The van der Waals surface area contributed by atoms with Gasteiger partial charge in [-0.15, -0.1) is 0 Å². The van der Waals surface area contributed by atoms with Crippen LogP contribution in [0.5, 0.6) is 0 Å². The lowest BCUT2D eigenvalue weighted by Crippen LogP contribution is -2.38. The van der Waals surface area contributed by atoms with E-state index >= 15 is 0 Å². The van der Waals surface area contributed by atoms with Gasteiger partial charge < -0.3 is 0 Å². The summed E-state index contributed by atoms with van der Waals surface area (Å²) < 4.78 is 0. The van der Waals surface area contributed by atoms with Crippen molar-refractivity contribution in [2.45, 2.75) is 25.9 Å². The second-order valence-corrected chi connectivity index (χ2v) is 3.89. The van der Waals surface area contributed by atoms with Gasteiger partial charge in [-0.3, -0.25) is 4.90 Å². The SMILES string of the molecule is CC(C)N1CC=CC(n2nccn2)C1. The summed E-state index contributed by atoms with van der Waals surface area (Å²) in [5.74, 6) is 0. The Morgan fingerprint density at radius 2 is 2.00 bits per heavy atom. The van der Waals surface area contributed by atoms with Crippen molar-refractivity contribution in [3.05, 3.63) is 24.5 Å². The molecule has 76 valence electrons. The topological polar surface area (TPSA) is 34.0 Å². The highest BCUT2D eigenvalue weighted by atomic mass is 15.5. The van der Waals surface area contributed by atoms with Crippen LogP contribution in [0.15, 0.2) is 24.5 Å². The van der Waals surface area contributed by atoms with Gasteiger partial charge in [-0.2, -0.15) is 15.0 Å². The van der Waals surface area contributed by atoms with E-state index in [0.29, 0.717) is 12.1 Å². The summed E-state index contributed by atoms with van der Waals surface area (Å²) >= 11 is 0. The molecule has 1 aliphatic rings. The predicted octanol–water partition coefficient (Wildman–Crippen LogP) is 1.10. The molecule has 0 spiro atoms. The third kappa shape index (κ3) is 1.85. The lowest BCUT2D eigenvalue weighted by Gasteiger charge is -2.31. The molecule has 0 aromatic carbocycles. The number of aromatic nitrogens is 3. The second-order valence-electron chi connectivity index (χ2n) is 3.89. The number of nitrogens with zero attached hydrogens (tertiary/aromatic N) is 4. The summed E-state index contributed by atoms with van der Waals surface area (Å²) in [7, 11) is 0. The summed E-state index contributed by atoms with van der Waals surface area (Å²) in [4.78, 5) is 4.18. The zero-order valence-electron chi connectivity index (χ0n) is 8.67. The maximum atomic E-state index is 4.16. The van der Waals surface area contributed by atoms with Crippen molar-refractivity contribution in [3.8, 4) is 0 Å². The highest BCUT2D eigenvalue weighted by Crippen LogP contribution is 2.14. The molecule has 0 fully saturated rings. The van der Waals surface area contributed by atoms with Gasteiger partial charge in [0.1, 0.15) is 6.04 Å². The van der Waals surface area contributed by atoms with Gasteiger partial charge in [-0.05, 0) is 13.8 Å². The number of rotatable bonds is 2. The van der Waals surface area contributed by atoms with Crippen LogP contribution in [0.25, 0.3) is 0 Å². The normalized spacial score (nSPS) is 23.2. The van der Waals surface area contributed by atoms with Crippen LogP contribution in [0.2, 0.25) is 0 Å². The maximum Gasteiger partial charge on any atom is 0.102 e. The summed E-state index contributed by atoms with van der Waals surface area (Å²) in [6.07, 6.45) is 7.82. The Bertz CT molecular complexity index is 302. The number of hydrogen-bond acceptors (Lipinski definition) is 3. The molecule has 14 heavy (non-hydrogen) atoms. The summed E-state index contributed by atoms with van der Waals surface area (Å²) in [5, 5.41) is 8.32. The molecule has 0 aliphatic carbocycles. The fourth-order valence-electron chi connectivity index (χ4n) is 1.70. The van der Waals surface area contributed by atoms with Crippen molar-refractivity contribution in [1.82, 2.24) is 19.9 Å². The summed E-state index contributed by atoms with van der Waals surface area (Å²) in [6.45, 7) is 6.47. The first-order valence-electron chi connectivity index (χ1n) is 5.04.